The number of benzene rings is 1. The molecule has 1 aliphatic carbocycles. The van der Waals surface area contributed by atoms with Gasteiger partial charge in [-0.15, -0.1) is 0 Å². The molecule has 3 rings (SSSR count). The van der Waals surface area contributed by atoms with E-state index < -0.39 is 0 Å². The molecule has 1 saturated carbocycles. The minimum Gasteiger partial charge on any atom is -0.490 e. The van der Waals surface area contributed by atoms with Gasteiger partial charge in [-0.25, -0.2) is 0 Å². The van der Waals surface area contributed by atoms with Gasteiger partial charge in [0.1, 0.15) is 11.9 Å². The molecule has 1 fully saturated rings. The Bertz CT molecular complexity index is 468. The SMILES string of the molecule is CCNC1CC(C2CCCCCC2)Oc2ccc(Cl)cc21. The van der Waals surface area contributed by atoms with Crippen LogP contribution in [0.15, 0.2) is 18.2 Å². The van der Waals surface area contributed by atoms with Crippen LogP contribution >= 0.6 is 11.6 Å². The third-order valence-electron chi connectivity index (χ3n) is 4.97. The van der Waals surface area contributed by atoms with Crippen LogP contribution in [0.25, 0.3) is 0 Å². The molecule has 0 spiro atoms. The molecular formula is C18H26ClNO. The lowest BCUT2D eigenvalue weighted by Gasteiger charge is -2.36. The predicted octanol–water partition coefficient (Wildman–Crippen LogP) is 5.11. The van der Waals surface area contributed by atoms with E-state index in [-0.39, 0.29) is 0 Å². The predicted molar refractivity (Wildman–Crippen MR) is 88.1 cm³/mol. The topological polar surface area (TPSA) is 21.3 Å². The van der Waals surface area contributed by atoms with Crippen molar-refractivity contribution in [3.63, 3.8) is 0 Å². The van der Waals surface area contributed by atoms with Crippen molar-refractivity contribution in [2.24, 2.45) is 5.92 Å². The zero-order valence-corrected chi connectivity index (χ0v) is 13.7. The minimum atomic E-state index is 0.362. The summed E-state index contributed by atoms with van der Waals surface area (Å²) in [6.45, 7) is 3.15. The summed E-state index contributed by atoms with van der Waals surface area (Å²) in [5.41, 5.74) is 1.23. The Kier molecular flexibility index (Phi) is 5.07. The van der Waals surface area contributed by atoms with Crippen LogP contribution in [0, 0.1) is 5.92 Å². The summed E-state index contributed by atoms with van der Waals surface area (Å²) in [4.78, 5) is 0. The van der Waals surface area contributed by atoms with E-state index in [0.29, 0.717) is 12.1 Å². The third-order valence-corrected chi connectivity index (χ3v) is 5.20. The van der Waals surface area contributed by atoms with Gasteiger partial charge in [0.15, 0.2) is 0 Å². The summed E-state index contributed by atoms with van der Waals surface area (Å²) in [6, 6.07) is 6.43. The fraction of sp³-hybridized carbons (Fsp3) is 0.667. The van der Waals surface area contributed by atoms with Crippen molar-refractivity contribution >= 4 is 11.6 Å². The van der Waals surface area contributed by atoms with Gasteiger partial charge in [-0.05, 0) is 43.5 Å². The molecule has 21 heavy (non-hydrogen) atoms. The van der Waals surface area contributed by atoms with Crippen molar-refractivity contribution in [2.75, 3.05) is 6.54 Å². The molecule has 116 valence electrons. The zero-order chi connectivity index (χ0) is 14.7. The highest BCUT2D eigenvalue weighted by Gasteiger charge is 2.33. The Morgan fingerprint density at radius 2 is 1.95 bits per heavy atom. The van der Waals surface area contributed by atoms with E-state index in [1.807, 2.05) is 12.1 Å². The molecular weight excluding hydrogens is 282 g/mol. The molecule has 1 N–H and O–H groups in total. The molecule has 0 saturated heterocycles. The van der Waals surface area contributed by atoms with E-state index >= 15 is 0 Å². The number of nitrogens with one attached hydrogen (secondary N) is 1. The molecule has 3 heteroatoms. The molecule has 1 aromatic rings. The molecule has 1 aliphatic heterocycles. The van der Waals surface area contributed by atoms with Crippen LogP contribution in [0.2, 0.25) is 5.02 Å². The van der Waals surface area contributed by atoms with Gasteiger partial charge >= 0.3 is 0 Å². The first-order chi connectivity index (χ1) is 10.3. The van der Waals surface area contributed by atoms with Crippen molar-refractivity contribution in [3.05, 3.63) is 28.8 Å². The van der Waals surface area contributed by atoms with Gasteiger partial charge in [0.2, 0.25) is 0 Å². The van der Waals surface area contributed by atoms with Crippen LogP contribution < -0.4 is 10.1 Å². The maximum absolute atomic E-state index is 6.36. The van der Waals surface area contributed by atoms with Crippen LogP contribution in [0.4, 0.5) is 0 Å². The number of halogens is 1. The van der Waals surface area contributed by atoms with Gasteiger partial charge in [0.05, 0.1) is 0 Å². The van der Waals surface area contributed by atoms with Crippen LogP contribution in [0.1, 0.15) is 63.5 Å². The maximum Gasteiger partial charge on any atom is 0.124 e. The molecule has 0 amide bonds. The third kappa shape index (κ3) is 3.54. The van der Waals surface area contributed by atoms with Crippen molar-refractivity contribution in [3.8, 4) is 5.75 Å². The fourth-order valence-corrected chi connectivity index (χ4v) is 4.06. The average Bonchev–Trinajstić information content (AvgIpc) is 2.77. The highest BCUT2D eigenvalue weighted by atomic mass is 35.5. The number of rotatable bonds is 3. The summed E-state index contributed by atoms with van der Waals surface area (Å²) in [6.07, 6.45) is 9.61. The van der Waals surface area contributed by atoms with Gasteiger partial charge in [0, 0.05) is 23.0 Å². The minimum absolute atomic E-state index is 0.362. The van der Waals surface area contributed by atoms with Crippen molar-refractivity contribution in [1.29, 1.82) is 0 Å². The molecule has 1 heterocycles. The monoisotopic (exact) mass is 307 g/mol. The lowest BCUT2D eigenvalue weighted by atomic mass is 9.86. The van der Waals surface area contributed by atoms with Gasteiger partial charge in [-0.2, -0.15) is 0 Å². The number of hydrogen-bond acceptors (Lipinski definition) is 2. The van der Waals surface area contributed by atoms with Gasteiger partial charge in [0.25, 0.3) is 0 Å². The molecule has 2 nitrogen and oxygen atoms in total. The summed E-state index contributed by atoms with van der Waals surface area (Å²) in [7, 11) is 0. The van der Waals surface area contributed by atoms with E-state index in [4.69, 9.17) is 16.3 Å². The second-order valence-electron chi connectivity index (χ2n) is 6.44. The van der Waals surface area contributed by atoms with E-state index in [1.165, 1.54) is 44.1 Å². The number of hydrogen-bond donors (Lipinski definition) is 1. The molecule has 0 radical (unpaired) electrons. The van der Waals surface area contributed by atoms with Crippen molar-refractivity contribution in [1.82, 2.24) is 5.32 Å². The summed E-state index contributed by atoms with van der Waals surface area (Å²) < 4.78 is 6.36. The van der Waals surface area contributed by atoms with E-state index in [9.17, 15) is 0 Å². The zero-order valence-electron chi connectivity index (χ0n) is 12.9. The normalized spacial score (nSPS) is 26.8. The first-order valence-corrected chi connectivity index (χ1v) is 8.85. The van der Waals surface area contributed by atoms with Crippen molar-refractivity contribution < 1.29 is 4.74 Å². The molecule has 2 unspecified atom stereocenters. The lowest BCUT2D eigenvalue weighted by molar-refractivity contribution is 0.0846. The first-order valence-electron chi connectivity index (χ1n) is 8.47. The summed E-state index contributed by atoms with van der Waals surface area (Å²) in [5.74, 6) is 1.75. The highest BCUT2D eigenvalue weighted by molar-refractivity contribution is 6.30. The Morgan fingerprint density at radius 3 is 2.67 bits per heavy atom. The summed E-state index contributed by atoms with van der Waals surface area (Å²) >= 11 is 6.17. The first kappa shape index (κ1) is 15.2. The Morgan fingerprint density at radius 1 is 1.19 bits per heavy atom. The smallest absolute Gasteiger partial charge is 0.124 e. The number of ether oxygens (including phenoxy) is 1. The highest BCUT2D eigenvalue weighted by Crippen LogP contribution is 2.40. The molecule has 0 bridgehead atoms. The molecule has 0 aromatic heterocycles. The van der Waals surface area contributed by atoms with E-state index in [2.05, 4.69) is 18.3 Å². The molecule has 1 aromatic carbocycles. The van der Waals surface area contributed by atoms with Crippen LogP contribution in [0.3, 0.4) is 0 Å². The fourth-order valence-electron chi connectivity index (χ4n) is 3.88. The van der Waals surface area contributed by atoms with Crippen LogP contribution in [0.5, 0.6) is 5.75 Å². The van der Waals surface area contributed by atoms with Gasteiger partial charge in [-0.3, -0.25) is 0 Å². The average molecular weight is 308 g/mol. The van der Waals surface area contributed by atoms with Crippen LogP contribution in [-0.4, -0.2) is 12.6 Å². The Hall–Kier alpha value is -0.730. The quantitative estimate of drug-likeness (QED) is 0.783. The number of fused-ring (bicyclic) bond motifs is 1. The second kappa shape index (κ2) is 7.02. The standard InChI is InChI=1S/C18H26ClNO/c1-2-20-16-12-18(13-7-5-3-4-6-8-13)21-17-10-9-14(19)11-15(16)17/h9-11,13,16,18,20H,2-8,12H2,1H3. The van der Waals surface area contributed by atoms with Crippen LogP contribution in [-0.2, 0) is 0 Å². The Labute approximate surface area is 133 Å². The summed E-state index contributed by atoms with van der Waals surface area (Å²) in [5, 5.41) is 4.41. The lowest BCUT2D eigenvalue weighted by Crippen LogP contribution is -2.37. The molecule has 2 aliphatic rings. The largest absolute Gasteiger partial charge is 0.490 e. The maximum atomic E-state index is 6.36. The van der Waals surface area contributed by atoms with Gasteiger partial charge < -0.3 is 10.1 Å². The van der Waals surface area contributed by atoms with E-state index in [0.717, 1.165) is 29.7 Å². The van der Waals surface area contributed by atoms with Gasteiger partial charge in [-0.1, -0.05) is 44.2 Å². The van der Waals surface area contributed by atoms with E-state index in [1.54, 1.807) is 0 Å². The molecule has 2 atom stereocenters. The second-order valence-corrected chi connectivity index (χ2v) is 6.87. The van der Waals surface area contributed by atoms with Crippen molar-refractivity contribution in [2.45, 2.75) is 64.0 Å². The Balaban J connectivity index is 1.81.